The molecule has 0 bridgehead atoms. The number of ether oxygens (including phenoxy) is 1. The van der Waals surface area contributed by atoms with E-state index in [1.54, 1.807) is 0 Å². The molecule has 0 saturated carbocycles. The van der Waals surface area contributed by atoms with Crippen LogP contribution in [0.3, 0.4) is 0 Å². The van der Waals surface area contributed by atoms with Crippen molar-refractivity contribution < 1.29 is 4.74 Å². The van der Waals surface area contributed by atoms with Gasteiger partial charge in [-0.15, -0.1) is 0 Å². The SMILES string of the molecule is C=C(N)c1cc(C)cc(OCc2ccccc2C)c1. The minimum Gasteiger partial charge on any atom is -0.489 e. The Bertz CT molecular complexity index is 602. The summed E-state index contributed by atoms with van der Waals surface area (Å²) in [5, 5.41) is 0. The summed E-state index contributed by atoms with van der Waals surface area (Å²) in [5.41, 5.74) is 10.8. The first-order valence-corrected chi connectivity index (χ1v) is 6.30. The summed E-state index contributed by atoms with van der Waals surface area (Å²) in [6.07, 6.45) is 0. The standard InChI is InChI=1S/C17H19NO/c1-12-8-16(14(3)18)10-17(9-12)19-11-15-7-5-4-6-13(15)2/h4-10H,3,11,18H2,1-2H3. The predicted octanol–water partition coefficient (Wildman–Crippen LogP) is 3.81. The first-order chi connectivity index (χ1) is 9.06. The van der Waals surface area contributed by atoms with Crippen LogP contribution in [0.4, 0.5) is 0 Å². The van der Waals surface area contributed by atoms with Crippen LogP contribution >= 0.6 is 0 Å². The third-order valence-corrected chi connectivity index (χ3v) is 3.08. The van der Waals surface area contributed by atoms with Crippen molar-refractivity contribution in [2.75, 3.05) is 0 Å². The van der Waals surface area contributed by atoms with Crippen LogP contribution in [0.25, 0.3) is 5.70 Å². The summed E-state index contributed by atoms with van der Waals surface area (Å²) >= 11 is 0. The molecule has 0 unspecified atom stereocenters. The first kappa shape index (κ1) is 13.2. The summed E-state index contributed by atoms with van der Waals surface area (Å²) in [4.78, 5) is 0. The second-order valence-corrected chi connectivity index (χ2v) is 4.78. The molecular formula is C17H19NO. The van der Waals surface area contributed by atoms with Crippen LogP contribution < -0.4 is 10.5 Å². The maximum atomic E-state index is 5.85. The molecule has 0 saturated heterocycles. The van der Waals surface area contributed by atoms with Crippen molar-refractivity contribution >= 4 is 5.70 Å². The van der Waals surface area contributed by atoms with Crippen molar-refractivity contribution in [1.29, 1.82) is 0 Å². The van der Waals surface area contributed by atoms with Crippen molar-refractivity contribution in [3.63, 3.8) is 0 Å². The van der Waals surface area contributed by atoms with Gasteiger partial charge in [-0.2, -0.15) is 0 Å². The molecule has 0 radical (unpaired) electrons. The van der Waals surface area contributed by atoms with E-state index in [4.69, 9.17) is 10.5 Å². The number of nitrogens with two attached hydrogens (primary N) is 1. The monoisotopic (exact) mass is 253 g/mol. The molecule has 0 aliphatic rings. The van der Waals surface area contributed by atoms with Crippen LogP contribution in [0, 0.1) is 13.8 Å². The fourth-order valence-corrected chi connectivity index (χ4v) is 1.95. The third-order valence-electron chi connectivity index (χ3n) is 3.08. The zero-order valence-corrected chi connectivity index (χ0v) is 11.4. The lowest BCUT2D eigenvalue weighted by molar-refractivity contribution is 0.305. The second-order valence-electron chi connectivity index (χ2n) is 4.78. The Hall–Kier alpha value is -2.22. The molecule has 0 fully saturated rings. The van der Waals surface area contributed by atoms with E-state index < -0.39 is 0 Å². The topological polar surface area (TPSA) is 35.2 Å². The molecule has 0 spiro atoms. The van der Waals surface area contributed by atoms with Gasteiger partial charge >= 0.3 is 0 Å². The van der Waals surface area contributed by atoms with E-state index >= 15 is 0 Å². The van der Waals surface area contributed by atoms with Gasteiger partial charge in [-0.05, 0) is 48.7 Å². The van der Waals surface area contributed by atoms with Gasteiger partial charge in [0, 0.05) is 11.3 Å². The fourth-order valence-electron chi connectivity index (χ4n) is 1.95. The first-order valence-electron chi connectivity index (χ1n) is 6.30. The predicted molar refractivity (Wildman–Crippen MR) is 79.9 cm³/mol. The van der Waals surface area contributed by atoms with Gasteiger partial charge in [-0.1, -0.05) is 30.8 Å². The molecule has 2 aromatic rings. The molecule has 2 heteroatoms. The van der Waals surface area contributed by atoms with E-state index in [0.29, 0.717) is 12.3 Å². The molecule has 19 heavy (non-hydrogen) atoms. The normalized spacial score (nSPS) is 10.2. The van der Waals surface area contributed by atoms with Crippen molar-refractivity contribution in [2.45, 2.75) is 20.5 Å². The second kappa shape index (κ2) is 5.61. The molecule has 0 aromatic heterocycles. The van der Waals surface area contributed by atoms with Crippen LogP contribution in [0.2, 0.25) is 0 Å². The van der Waals surface area contributed by atoms with E-state index in [-0.39, 0.29) is 0 Å². The molecule has 2 nitrogen and oxygen atoms in total. The molecule has 0 aliphatic heterocycles. The molecule has 2 rings (SSSR count). The van der Waals surface area contributed by atoms with Crippen LogP contribution in [-0.4, -0.2) is 0 Å². The number of benzene rings is 2. The lowest BCUT2D eigenvalue weighted by Gasteiger charge is -2.11. The van der Waals surface area contributed by atoms with Gasteiger partial charge < -0.3 is 10.5 Å². The Kier molecular flexibility index (Phi) is 3.91. The molecule has 2 N–H and O–H groups in total. The molecule has 0 atom stereocenters. The van der Waals surface area contributed by atoms with Gasteiger partial charge in [0.05, 0.1) is 0 Å². The van der Waals surface area contributed by atoms with Crippen molar-refractivity contribution in [2.24, 2.45) is 5.73 Å². The zero-order chi connectivity index (χ0) is 13.8. The van der Waals surface area contributed by atoms with Crippen LogP contribution in [0.1, 0.15) is 22.3 Å². The average molecular weight is 253 g/mol. The minimum absolute atomic E-state index is 0.560. The highest BCUT2D eigenvalue weighted by Gasteiger charge is 2.03. The number of hydrogen-bond donors (Lipinski definition) is 1. The smallest absolute Gasteiger partial charge is 0.120 e. The zero-order valence-electron chi connectivity index (χ0n) is 11.4. The summed E-state index contributed by atoms with van der Waals surface area (Å²) in [6, 6.07) is 14.1. The van der Waals surface area contributed by atoms with E-state index in [0.717, 1.165) is 16.9 Å². The highest BCUT2D eigenvalue weighted by Crippen LogP contribution is 2.21. The lowest BCUT2D eigenvalue weighted by atomic mass is 10.1. The molecule has 2 aromatic carbocycles. The maximum Gasteiger partial charge on any atom is 0.120 e. The van der Waals surface area contributed by atoms with Crippen molar-refractivity contribution in [1.82, 2.24) is 0 Å². The van der Waals surface area contributed by atoms with E-state index in [2.05, 4.69) is 25.6 Å². The Morgan fingerprint density at radius 2 is 1.89 bits per heavy atom. The van der Waals surface area contributed by atoms with Crippen molar-refractivity contribution in [3.8, 4) is 5.75 Å². The van der Waals surface area contributed by atoms with Gasteiger partial charge in [0.2, 0.25) is 0 Å². The van der Waals surface area contributed by atoms with Gasteiger partial charge in [0.15, 0.2) is 0 Å². The lowest BCUT2D eigenvalue weighted by Crippen LogP contribution is -2.00. The molecule has 0 heterocycles. The Morgan fingerprint density at radius 3 is 2.58 bits per heavy atom. The summed E-state index contributed by atoms with van der Waals surface area (Å²) in [5.74, 6) is 0.824. The Morgan fingerprint density at radius 1 is 1.16 bits per heavy atom. The maximum absolute atomic E-state index is 5.85. The third kappa shape index (κ3) is 3.38. The number of aryl methyl sites for hydroxylation is 2. The van der Waals surface area contributed by atoms with Gasteiger partial charge in [-0.3, -0.25) is 0 Å². The largest absolute Gasteiger partial charge is 0.489 e. The van der Waals surface area contributed by atoms with E-state index in [1.807, 2.05) is 37.3 Å². The van der Waals surface area contributed by atoms with Crippen LogP contribution in [-0.2, 0) is 6.61 Å². The van der Waals surface area contributed by atoms with Crippen LogP contribution in [0.15, 0.2) is 49.0 Å². The van der Waals surface area contributed by atoms with Crippen molar-refractivity contribution in [3.05, 3.63) is 71.3 Å². The molecule has 98 valence electrons. The van der Waals surface area contributed by atoms with Gasteiger partial charge in [0.25, 0.3) is 0 Å². The van der Waals surface area contributed by atoms with E-state index in [1.165, 1.54) is 11.1 Å². The Labute approximate surface area is 114 Å². The Balaban J connectivity index is 2.16. The highest BCUT2D eigenvalue weighted by atomic mass is 16.5. The summed E-state index contributed by atoms with van der Waals surface area (Å²) in [7, 11) is 0. The number of hydrogen-bond acceptors (Lipinski definition) is 2. The van der Waals surface area contributed by atoms with Gasteiger partial charge in [0.1, 0.15) is 12.4 Å². The summed E-state index contributed by atoms with van der Waals surface area (Å²) in [6.45, 7) is 8.43. The minimum atomic E-state index is 0.560. The van der Waals surface area contributed by atoms with E-state index in [9.17, 15) is 0 Å². The number of rotatable bonds is 4. The molecule has 0 aliphatic carbocycles. The highest BCUT2D eigenvalue weighted by molar-refractivity contribution is 5.62. The fraction of sp³-hybridized carbons (Fsp3) is 0.176. The average Bonchev–Trinajstić information content (AvgIpc) is 2.37. The van der Waals surface area contributed by atoms with Gasteiger partial charge in [-0.25, -0.2) is 0 Å². The summed E-state index contributed by atoms with van der Waals surface area (Å²) < 4.78 is 5.85. The van der Waals surface area contributed by atoms with Crippen LogP contribution in [0.5, 0.6) is 5.75 Å². The molecular weight excluding hydrogens is 234 g/mol. The molecule has 0 amide bonds. The quantitative estimate of drug-likeness (QED) is 0.899.